The summed E-state index contributed by atoms with van der Waals surface area (Å²) in [5, 5.41) is 13.9. The molecule has 142 valence electrons. The lowest BCUT2D eigenvalue weighted by atomic mass is 10.1. The van der Waals surface area contributed by atoms with Crippen molar-refractivity contribution in [3.8, 4) is 0 Å². The number of nitrogens with zero attached hydrogens (tertiary/aromatic N) is 1. The van der Waals surface area contributed by atoms with Crippen molar-refractivity contribution in [3.05, 3.63) is 69.3 Å². The summed E-state index contributed by atoms with van der Waals surface area (Å²) in [6, 6.07) is 11.6. The van der Waals surface area contributed by atoms with Crippen LogP contribution in [-0.4, -0.2) is 29.6 Å². The summed E-state index contributed by atoms with van der Waals surface area (Å²) in [4.78, 5) is 34.1. The van der Waals surface area contributed by atoms with Crippen LogP contribution >= 0.6 is 11.8 Å². The van der Waals surface area contributed by atoms with E-state index in [9.17, 15) is 19.7 Å². The topological polar surface area (TPSA) is 125 Å². The fraction of sp³-hybridized carbons (Fsp3) is 0.222. The first kappa shape index (κ1) is 20.4. The van der Waals surface area contributed by atoms with Crippen LogP contribution in [0.4, 0.5) is 5.69 Å². The number of benzene rings is 2. The molecule has 0 atom stereocenters. The Kier molecular flexibility index (Phi) is 7.33. The zero-order valence-electron chi connectivity index (χ0n) is 14.6. The number of primary amides is 1. The molecular formula is C18H19N3O5S. The van der Waals surface area contributed by atoms with Crippen LogP contribution in [0.2, 0.25) is 0 Å². The van der Waals surface area contributed by atoms with E-state index in [2.05, 4.69) is 5.32 Å². The largest absolute Gasteiger partial charge is 0.380 e. The maximum absolute atomic E-state index is 12.1. The van der Waals surface area contributed by atoms with E-state index in [0.29, 0.717) is 18.0 Å². The SMILES string of the molecule is COCc1cccc(CNC(=O)CSc2ccc(C(N)=O)cc2[N+](=O)[O-])c1. The highest BCUT2D eigenvalue weighted by Crippen LogP contribution is 2.29. The summed E-state index contributed by atoms with van der Waals surface area (Å²) < 4.78 is 5.08. The Morgan fingerprint density at radius 1 is 1.22 bits per heavy atom. The van der Waals surface area contributed by atoms with Crippen molar-refractivity contribution < 1.29 is 19.2 Å². The third-order valence-electron chi connectivity index (χ3n) is 3.59. The maximum Gasteiger partial charge on any atom is 0.283 e. The van der Waals surface area contributed by atoms with Crippen LogP contribution in [0.3, 0.4) is 0 Å². The summed E-state index contributed by atoms with van der Waals surface area (Å²) in [5.41, 5.74) is 6.87. The van der Waals surface area contributed by atoms with Crippen LogP contribution in [0.25, 0.3) is 0 Å². The monoisotopic (exact) mass is 389 g/mol. The van der Waals surface area contributed by atoms with Crippen molar-refractivity contribution in [2.75, 3.05) is 12.9 Å². The van der Waals surface area contributed by atoms with Crippen LogP contribution in [0, 0.1) is 10.1 Å². The van der Waals surface area contributed by atoms with Gasteiger partial charge in [0.05, 0.1) is 22.2 Å². The highest BCUT2D eigenvalue weighted by atomic mass is 32.2. The lowest BCUT2D eigenvalue weighted by molar-refractivity contribution is -0.387. The van der Waals surface area contributed by atoms with Crippen molar-refractivity contribution in [1.29, 1.82) is 0 Å². The molecule has 0 unspecified atom stereocenters. The van der Waals surface area contributed by atoms with E-state index in [4.69, 9.17) is 10.5 Å². The van der Waals surface area contributed by atoms with Crippen molar-refractivity contribution >= 4 is 29.3 Å². The Hall–Kier alpha value is -2.91. The number of nitro groups is 1. The number of ether oxygens (including phenoxy) is 1. The second-order valence-electron chi connectivity index (χ2n) is 5.62. The van der Waals surface area contributed by atoms with E-state index >= 15 is 0 Å². The Morgan fingerprint density at radius 2 is 1.96 bits per heavy atom. The minimum atomic E-state index is -0.747. The molecule has 0 aliphatic rings. The average molecular weight is 389 g/mol. The minimum absolute atomic E-state index is 0.00845. The molecule has 0 heterocycles. The van der Waals surface area contributed by atoms with Crippen molar-refractivity contribution in [2.45, 2.75) is 18.0 Å². The number of nitro benzene ring substituents is 1. The third kappa shape index (κ3) is 6.08. The molecule has 8 nitrogen and oxygen atoms in total. The van der Waals surface area contributed by atoms with Gasteiger partial charge in [0.1, 0.15) is 0 Å². The molecule has 2 amide bonds. The van der Waals surface area contributed by atoms with Crippen LogP contribution < -0.4 is 11.1 Å². The summed E-state index contributed by atoms with van der Waals surface area (Å²) in [6.45, 7) is 0.836. The fourth-order valence-electron chi connectivity index (χ4n) is 2.33. The molecule has 2 aromatic carbocycles. The predicted molar refractivity (Wildman–Crippen MR) is 101 cm³/mol. The van der Waals surface area contributed by atoms with Gasteiger partial charge < -0.3 is 15.8 Å². The molecule has 27 heavy (non-hydrogen) atoms. The van der Waals surface area contributed by atoms with E-state index in [1.165, 1.54) is 12.1 Å². The Bertz CT molecular complexity index is 857. The smallest absolute Gasteiger partial charge is 0.283 e. The van der Waals surface area contributed by atoms with Crippen molar-refractivity contribution in [3.63, 3.8) is 0 Å². The Balaban J connectivity index is 1.94. The molecule has 0 fully saturated rings. The summed E-state index contributed by atoms with van der Waals surface area (Å²) in [7, 11) is 1.61. The number of hydrogen-bond donors (Lipinski definition) is 2. The molecule has 0 saturated heterocycles. The van der Waals surface area contributed by atoms with Gasteiger partial charge in [0.25, 0.3) is 5.69 Å². The normalized spacial score (nSPS) is 10.4. The number of carbonyl (C=O) groups is 2. The van der Waals surface area contributed by atoms with E-state index < -0.39 is 10.8 Å². The molecule has 9 heteroatoms. The van der Waals surface area contributed by atoms with Gasteiger partial charge in [-0.25, -0.2) is 0 Å². The lowest BCUT2D eigenvalue weighted by Gasteiger charge is -2.08. The van der Waals surface area contributed by atoms with Gasteiger partial charge in [0.15, 0.2) is 0 Å². The number of hydrogen-bond acceptors (Lipinski definition) is 6. The first-order chi connectivity index (χ1) is 12.9. The molecule has 0 radical (unpaired) electrons. The van der Waals surface area contributed by atoms with Gasteiger partial charge in [-0.3, -0.25) is 19.7 Å². The second-order valence-corrected chi connectivity index (χ2v) is 6.64. The van der Waals surface area contributed by atoms with E-state index in [0.717, 1.165) is 29.0 Å². The zero-order chi connectivity index (χ0) is 19.8. The molecule has 0 saturated carbocycles. The number of thioether (sulfide) groups is 1. The van der Waals surface area contributed by atoms with Gasteiger partial charge in [0, 0.05) is 25.3 Å². The van der Waals surface area contributed by atoms with Gasteiger partial charge in [-0.15, -0.1) is 11.8 Å². The van der Waals surface area contributed by atoms with Gasteiger partial charge in [-0.05, 0) is 23.3 Å². The fourth-order valence-corrected chi connectivity index (χ4v) is 3.16. The number of carbonyl (C=O) groups excluding carboxylic acids is 2. The third-order valence-corrected chi connectivity index (χ3v) is 4.65. The zero-order valence-corrected chi connectivity index (χ0v) is 15.5. The molecular weight excluding hydrogens is 370 g/mol. The average Bonchev–Trinajstić information content (AvgIpc) is 2.65. The Labute approximate surface area is 160 Å². The number of methoxy groups -OCH3 is 1. The van der Waals surface area contributed by atoms with E-state index in [1.807, 2.05) is 24.3 Å². The van der Waals surface area contributed by atoms with Crippen molar-refractivity contribution in [1.82, 2.24) is 5.32 Å². The van der Waals surface area contributed by atoms with Crippen LogP contribution in [-0.2, 0) is 22.7 Å². The minimum Gasteiger partial charge on any atom is -0.380 e. The Morgan fingerprint density at radius 3 is 2.63 bits per heavy atom. The number of nitrogens with one attached hydrogen (secondary N) is 1. The first-order valence-corrected chi connectivity index (χ1v) is 8.93. The van der Waals surface area contributed by atoms with Gasteiger partial charge in [-0.2, -0.15) is 0 Å². The highest BCUT2D eigenvalue weighted by molar-refractivity contribution is 8.00. The first-order valence-electron chi connectivity index (χ1n) is 7.95. The molecule has 0 spiro atoms. The molecule has 3 N–H and O–H groups in total. The lowest BCUT2D eigenvalue weighted by Crippen LogP contribution is -2.24. The standard InChI is InChI=1S/C18H19N3O5S/c1-26-10-13-4-2-3-12(7-13)9-20-17(22)11-27-16-6-5-14(18(19)23)8-15(16)21(24)25/h2-8H,9-11H2,1H3,(H2,19,23)(H,20,22). The van der Waals surface area contributed by atoms with Gasteiger partial charge in [-0.1, -0.05) is 24.3 Å². The van der Waals surface area contributed by atoms with Crippen LogP contribution in [0.5, 0.6) is 0 Å². The molecule has 2 rings (SSSR count). The van der Waals surface area contributed by atoms with E-state index in [1.54, 1.807) is 7.11 Å². The summed E-state index contributed by atoms with van der Waals surface area (Å²) in [5.74, 6) is -0.998. The number of rotatable bonds is 9. The molecule has 0 aliphatic carbocycles. The molecule has 0 aromatic heterocycles. The second kappa shape index (κ2) is 9.70. The number of nitrogens with two attached hydrogens (primary N) is 1. The molecule has 0 bridgehead atoms. The van der Waals surface area contributed by atoms with Crippen LogP contribution in [0.1, 0.15) is 21.5 Å². The van der Waals surface area contributed by atoms with Gasteiger partial charge >= 0.3 is 0 Å². The van der Waals surface area contributed by atoms with Crippen molar-refractivity contribution in [2.24, 2.45) is 5.73 Å². The maximum atomic E-state index is 12.1. The predicted octanol–water partition coefficient (Wildman–Crippen LogP) is 2.25. The molecule has 2 aromatic rings. The highest BCUT2D eigenvalue weighted by Gasteiger charge is 2.18. The molecule has 0 aliphatic heterocycles. The quantitative estimate of drug-likeness (QED) is 0.385. The van der Waals surface area contributed by atoms with E-state index in [-0.39, 0.29) is 22.9 Å². The summed E-state index contributed by atoms with van der Waals surface area (Å²) in [6.07, 6.45) is 0. The number of amides is 2. The van der Waals surface area contributed by atoms with Crippen LogP contribution in [0.15, 0.2) is 47.4 Å². The van der Waals surface area contributed by atoms with Gasteiger partial charge in [0.2, 0.25) is 11.8 Å². The summed E-state index contributed by atoms with van der Waals surface area (Å²) >= 11 is 1.02.